The summed E-state index contributed by atoms with van der Waals surface area (Å²) in [6.07, 6.45) is -3.87. The summed E-state index contributed by atoms with van der Waals surface area (Å²) in [7, 11) is 1.33. The van der Waals surface area contributed by atoms with Crippen molar-refractivity contribution >= 4 is 17.2 Å². The van der Waals surface area contributed by atoms with Crippen LogP contribution in [0.3, 0.4) is 0 Å². The van der Waals surface area contributed by atoms with E-state index in [4.69, 9.17) is 11.6 Å². The van der Waals surface area contributed by atoms with Crippen LogP contribution >= 0.6 is 11.6 Å². The van der Waals surface area contributed by atoms with Crippen molar-refractivity contribution in [3.8, 4) is 0 Å². The van der Waals surface area contributed by atoms with E-state index in [0.29, 0.717) is 6.20 Å². The molecular formula is C8H5ClF3N3O. The van der Waals surface area contributed by atoms with Crippen LogP contribution in [-0.4, -0.2) is 14.2 Å². The molecule has 4 nitrogen and oxygen atoms in total. The van der Waals surface area contributed by atoms with Crippen molar-refractivity contribution in [3.05, 3.63) is 33.3 Å². The van der Waals surface area contributed by atoms with Gasteiger partial charge in [0.15, 0.2) is 5.65 Å². The zero-order chi connectivity index (χ0) is 12.1. The van der Waals surface area contributed by atoms with Gasteiger partial charge >= 0.3 is 11.9 Å². The van der Waals surface area contributed by atoms with Crippen LogP contribution in [0.15, 0.2) is 17.1 Å². The molecule has 0 N–H and O–H groups in total. The zero-order valence-electron chi connectivity index (χ0n) is 7.92. The molecule has 0 saturated heterocycles. The van der Waals surface area contributed by atoms with Crippen molar-refractivity contribution < 1.29 is 13.2 Å². The average Bonchev–Trinajstić information content (AvgIpc) is 2.44. The summed E-state index contributed by atoms with van der Waals surface area (Å²) in [6.45, 7) is 0. The van der Waals surface area contributed by atoms with Gasteiger partial charge in [-0.15, -0.1) is 5.10 Å². The van der Waals surface area contributed by atoms with Crippen LogP contribution in [0.25, 0.3) is 5.65 Å². The Morgan fingerprint density at radius 2 is 2.06 bits per heavy atom. The molecule has 0 radical (unpaired) electrons. The number of rotatable bonds is 0. The van der Waals surface area contributed by atoms with Crippen molar-refractivity contribution in [2.45, 2.75) is 6.18 Å². The normalized spacial score (nSPS) is 12.3. The minimum absolute atomic E-state index is 0.00201. The fraction of sp³-hybridized carbons (Fsp3) is 0.250. The second-order valence-electron chi connectivity index (χ2n) is 3.17. The van der Waals surface area contributed by atoms with E-state index in [-0.39, 0.29) is 10.7 Å². The number of alkyl halides is 3. The maximum atomic E-state index is 12.4. The Hall–Kier alpha value is -1.50. The van der Waals surface area contributed by atoms with Gasteiger partial charge in [-0.05, 0) is 6.07 Å². The lowest BCUT2D eigenvalue weighted by Crippen LogP contribution is -2.18. The summed E-state index contributed by atoms with van der Waals surface area (Å²) >= 11 is 5.62. The van der Waals surface area contributed by atoms with E-state index in [0.717, 1.165) is 15.1 Å². The molecule has 0 bridgehead atoms. The molecule has 0 fully saturated rings. The summed E-state index contributed by atoms with van der Waals surface area (Å²) in [5.41, 5.74) is -1.66. The summed E-state index contributed by atoms with van der Waals surface area (Å²) in [4.78, 5) is 11.4. The number of fused-ring (bicyclic) bond motifs is 1. The van der Waals surface area contributed by atoms with Crippen LogP contribution in [0, 0.1) is 0 Å². The molecule has 0 unspecified atom stereocenters. The lowest BCUT2D eigenvalue weighted by atomic mass is 10.3. The monoisotopic (exact) mass is 251 g/mol. The molecule has 0 aliphatic carbocycles. The number of hydrogen-bond donors (Lipinski definition) is 0. The van der Waals surface area contributed by atoms with Crippen LogP contribution in [-0.2, 0) is 13.2 Å². The predicted molar refractivity (Wildman–Crippen MR) is 50.4 cm³/mol. The van der Waals surface area contributed by atoms with Gasteiger partial charge in [-0.25, -0.2) is 13.9 Å². The van der Waals surface area contributed by atoms with E-state index in [2.05, 4.69) is 5.10 Å². The highest BCUT2D eigenvalue weighted by Gasteiger charge is 2.32. The molecule has 2 rings (SSSR count). The van der Waals surface area contributed by atoms with E-state index in [1.165, 1.54) is 7.05 Å². The molecule has 86 valence electrons. The number of pyridine rings is 1. The smallest absolute Gasteiger partial charge is 0.248 e. The highest BCUT2D eigenvalue weighted by atomic mass is 35.5. The predicted octanol–water partition coefficient (Wildman–Crippen LogP) is 1.71. The third-order valence-corrected chi connectivity index (χ3v) is 2.33. The van der Waals surface area contributed by atoms with E-state index >= 15 is 0 Å². The summed E-state index contributed by atoms with van der Waals surface area (Å²) in [6, 6.07) is 0.739. The Bertz CT molecular complexity index is 613. The minimum atomic E-state index is -4.55. The van der Waals surface area contributed by atoms with Gasteiger partial charge in [-0.3, -0.25) is 0 Å². The van der Waals surface area contributed by atoms with E-state index in [1.807, 2.05) is 0 Å². The van der Waals surface area contributed by atoms with Gasteiger partial charge in [0.2, 0.25) is 0 Å². The number of nitrogens with zero attached hydrogens (tertiary/aromatic N) is 3. The minimum Gasteiger partial charge on any atom is -0.248 e. The van der Waals surface area contributed by atoms with Crippen LogP contribution in [0.2, 0.25) is 5.02 Å². The molecule has 2 aromatic rings. The second-order valence-corrected chi connectivity index (χ2v) is 3.58. The first-order valence-electron chi connectivity index (χ1n) is 4.13. The fourth-order valence-electron chi connectivity index (χ4n) is 1.29. The Labute approximate surface area is 91.9 Å². The van der Waals surface area contributed by atoms with Crippen molar-refractivity contribution in [1.29, 1.82) is 0 Å². The topological polar surface area (TPSA) is 39.3 Å². The van der Waals surface area contributed by atoms with Crippen LogP contribution < -0.4 is 5.69 Å². The lowest BCUT2D eigenvalue weighted by Gasteiger charge is -2.06. The van der Waals surface area contributed by atoms with Crippen LogP contribution in [0.1, 0.15) is 5.56 Å². The van der Waals surface area contributed by atoms with Crippen molar-refractivity contribution in [2.24, 2.45) is 7.05 Å². The molecule has 8 heteroatoms. The molecule has 2 aromatic heterocycles. The van der Waals surface area contributed by atoms with Gasteiger partial charge in [0.1, 0.15) is 0 Å². The maximum absolute atomic E-state index is 12.4. The standard InChI is InChI=1S/C8H5ClF3N3O/c1-14-7(16)15-3-4(8(10,11)12)2-5(9)6(15)13-14/h2-3H,1H3. The van der Waals surface area contributed by atoms with Gasteiger partial charge in [-0.2, -0.15) is 13.2 Å². The second kappa shape index (κ2) is 3.24. The van der Waals surface area contributed by atoms with Gasteiger partial charge in [0, 0.05) is 13.2 Å². The fourth-order valence-corrected chi connectivity index (χ4v) is 1.54. The average molecular weight is 252 g/mol. The quantitative estimate of drug-likeness (QED) is 0.715. The highest BCUT2D eigenvalue weighted by molar-refractivity contribution is 6.33. The third kappa shape index (κ3) is 1.57. The molecule has 0 atom stereocenters. The number of halogens is 4. The van der Waals surface area contributed by atoms with E-state index in [9.17, 15) is 18.0 Å². The molecular weight excluding hydrogens is 247 g/mol. The van der Waals surface area contributed by atoms with E-state index in [1.54, 1.807) is 0 Å². The number of aryl methyl sites for hydroxylation is 1. The first kappa shape index (κ1) is 11.0. The summed E-state index contributed by atoms with van der Waals surface area (Å²) in [5, 5.41) is 3.49. The van der Waals surface area contributed by atoms with Crippen molar-refractivity contribution in [2.75, 3.05) is 0 Å². The molecule has 0 amide bonds. The first-order valence-corrected chi connectivity index (χ1v) is 4.50. The molecule has 2 heterocycles. The largest absolute Gasteiger partial charge is 0.417 e. The van der Waals surface area contributed by atoms with Crippen molar-refractivity contribution in [1.82, 2.24) is 14.2 Å². The Balaban J connectivity index is 2.86. The molecule has 0 aliphatic rings. The third-order valence-electron chi connectivity index (χ3n) is 2.05. The molecule has 0 saturated carbocycles. The Kier molecular flexibility index (Phi) is 2.23. The van der Waals surface area contributed by atoms with Gasteiger partial charge in [0.05, 0.1) is 10.6 Å². The maximum Gasteiger partial charge on any atom is 0.417 e. The Morgan fingerprint density at radius 3 is 2.62 bits per heavy atom. The van der Waals surface area contributed by atoms with Crippen LogP contribution in [0.4, 0.5) is 13.2 Å². The summed E-state index contributed by atoms with van der Waals surface area (Å²) in [5.74, 6) is 0. The number of aromatic nitrogens is 3. The van der Waals surface area contributed by atoms with Gasteiger partial charge < -0.3 is 0 Å². The molecule has 0 aromatic carbocycles. The zero-order valence-corrected chi connectivity index (χ0v) is 8.67. The molecule has 16 heavy (non-hydrogen) atoms. The lowest BCUT2D eigenvalue weighted by molar-refractivity contribution is -0.137. The number of hydrogen-bond acceptors (Lipinski definition) is 2. The first-order chi connectivity index (χ1) is 7.30. The SMILES string of the molecule is Cn1nc2c(Cl)cc(C(F)(F)F)cn2c1=O. The van der Waals surface area contributed by atoms with E-state index < -0.39 is 17.4 Å². The van der Waals surface area contributed by atoms with Gasteiger partial charge in [0.25, 0.3) is 0 Å². The van der Waals surface area contributed by atoms with Crippen molar-refractivity contribution in [3.63, 3.8) is 0 Å². The Morgan fingerprint density at radius 1 is 1.44 bits per heavy atom. The highest BCUT2D eigenvalue weighted by Crippen LogP contribution is 2.31. The van der Waals surface area contributed by atoms with Gasteiger partial charge in [-0.1, -0.05) is 11.6 Å². The molecule has 0 aliphatic heterocycles. The molecule has 0 spiro atoms. The van der Waals surface area contributed by atoms with Crippen LogP contribution in [0.5, 0.6) is 0 Å². The summed E-state index contributed by atoms with van der Waals surface area (Å²) < 4.78 is 39.0.